The normalized spacial score (nSPS) is 25.1. The van der Waals surface area contributed by atoms with E-state index in [1.54, 1.807) is 4.90 Å². The topological polar surface area (TPSA) is 78.0 Å². The van der Waals surface area contributed by atoms with Crippen LogP contribution in [0.3, 0.4) is 0 Å². The first-order valence-corrected chi connectivity index (χ1v) is 14.2. The van der Waals surface area contributed by atoms with Crippen LogP contribution in [-0.4, -0.2) is 73.1 Å². The molecular formula is C26H39N3O4S. The number of piperidine rings is 2. The Bertz CT molecular complexity index is 1020. The van der Waals surface area contributed by atoms with Crippen molar-refractivity contribution in [2.75, 3.05) is 32.7 Å². The van der Waals surface area contributed by atoms with E-state index in [2.05, 4.69) is 6.92 Å². The van der Waals surface area contributed by atoms with Crippen LogP contribution in [-0.2, 0) is 19.6 Å². The zero-order valence-electron chi connectivity index (χ0n) is 21.0. The van der Waals surface area contributed by atoms with Gasteiger partial charge in [0.25, 0.3) is 0 Å². The molecule has 34 heavy (non-hydrogen) atoms. The summed E-state index contributed by atoms with van der Waals surface area (Å²) in [6.45, 7) is 10.9. The molecule has 0 saturated carbocycles. The van der Waals surface area contributed by atoms with Crippen molar-refractivity contribution in [3.05, 3.63) is 28.8 Å². The summed E-state index contributed by atoms with van der Waals surface area (Å²) < 4.78 is 28.7. The summed E-state index contributed by atoms with van der Waals surface area (Å²) in [7, 11) is -3.77. The van der Waals surface area contributed by atoms with Gasteiger partial charge in [-0.3, -0.25) is 9.59 Å². The molecule has 8 heteroatoms. The van der Waals surface area contributed by atoms with E-state index in [1.165, 1.54) is 10.7 Å². The lowest BCUT2D eigenvalue weighted by atomic mass is 9.92. The fraction of sp³-hybridized carbons (Fsp3) is 0.692. The Kier molecular flexibility index (Phi) is 7.38. The van der Waals surface area contributed by atoms with E-state index in [9.17, 15) is 18.0 Å². The van der Waals surface area contributed by atoms with Crippen LogP contribution in [0.2, 0.25) is 0 Å². The Balaban J connectivity index is 1.43. The minimum atomic E-state index is -3.77. The van der Waals surface area contributed by atoms with Crippen molar-refractivity contribution in [2.45, 2.75) is 77.2 Å². The van der Waals surface area contributed by atoms with E-state index < -0.39 is 16.1 Å². The number of sulfonamides is 1. The molecule has 0 bridgehead atoms. The minimum Gasteiger partial charge on any atom is -0.342 e. The number of aryl methyl sites for hydroxylation is 3. The molecule has 0 aromatic heterocycles. The first-order chi connectivity index (χ1) is 16.1. The van der Waals surface area contributed by atoms with Gasteiger partial charge in [-0.1, -0.05) is 24.6 Å². The summed E-state index contributed by atoms with van der Waals surface area (Å²) in [5.74, 6) is 0.640. The summed E-state index contributed by atoms with van der Waals surface area (Å²) in [5, 5.41) is 0. The van der Waals surface area contributed by atoms with Crippen molar-refractivity contribution in [3.63, 3.8) is 0 Å². The van der Waals surface area contributed by atoms with Crippen LogP contribution < -0.4 is 0 Å². The second-order valence-electron chi connectivity index (χ2n) is 10.6. The molecule has 1 aromatic carbocycles. The Labute approximate surface area is 204 Å². The molecule has 3 aliphatic rings. The molecule has 0 radical (unpaired) electrons. The van der Waals surface area contributed by atoms with Crippen LogP contribution >= 0.6 is 0 Å². The highest BCUT2D eigenvalue weighted by Crippen LogP contribution is 2.32. The van der Waals surface area contributed by atoms with Gasteiger partial charge >= 0.3 is 0 Å². The second kappa shape index (κ2) is 9.97. The van der Waals surface area contributed by atoms with Crippen LogP contribution in [0.4, 0.5) is 0 Å². The Morgan fingerprint density at radius 2 is 1.44 bits per heavy atom. The smallest absolute Gasteiger partial charge is 0.244 e. The molecule has 3 heterocycles. The largest absolute Gasteiger partial charge is 0.342 e. The number of carbonyl (C=O) groups is 2. The van der Waals surface area contributed by atoms with E-state index in [1.807, 2.05) is 37.8 Å². The fourth-order valence-corrected chi connectivity index (χ4v) is 8.24. The molecule has 188 valence electrons. The highest BCUT2D eigenvalue weighted by Gasteiger charge is 2.43. The molecular weight excluding hydrogens is 450 g/mol. The maximum atomic E-state index is 13.6. The Morgan fingerprint density at radius 3 is 2.06 bits per heavy atom. The number of hydrogen-bond donors (Lipinski definition) is 0. The zero-order valence-corrected chi connectivity index (χ0v) is 21.9. The van der Waals surface area contributed by atoms with Gasteiger partial charge < -0.3 is 9.80 Å². The van der Waals surface area contributed by atoms with Crippen LogP contribution in [0.15, 0.2) is 17.0 Å². The van der Waals surface area contributed by atoms with Crippen molar-refractivity contribution >= 4 is 21.8 Å². The average Bonchev–Trinajstić information content (AvgIpc) is 3.28. The third kappa shape index (κ3) is 4.89. The number of hydrogen-bond acceptors (Lipinski definition) is 4. The number of likely N-dealkylation sites (tertiary alicyclic amines) is 2. The molecule has 3 aliphatic heterocycles. The maximum absolute atomic E-state index is 13.6. The second-order valence-corrected chi connectivity index (χ2v) is 12.5. The molecule has 7 nitrogen and oxygen atoms in total. The lowest BCUT2D eigenvalue weighted by molar-refractivity contribution is -0.143. The predicted molar refractivity (Wildman–Crippen MR) is 132 cm³/mol. The van der Waals surface area contributed by atoms with Gasteiger partial charge in [-0.15, -0.1) is 0 Å². The van der Waals surface area contributed by atoms with E-state index in [0.717, 1.165) is 36.2 Å². The van der Waals surface area contributed by atoms with Gasteiger partial charge in [-0.2, -0.15) is 4.31 Å². The predicted octanol–water partition coefficient (Wildman–Crippen LogP) is 3.26. The fourth-order valence-electron chi connectivity index (χ4n) is 6.17. The number of nitrogens with zero attached hydrogens (tertiary/aromatic N) is 3. The Morgan fingerprint density at radius 1 is 0.824 bits per heavy atom. The lowest BCUT2D eigenvalue weighted by Gasteiger charge is -2.38. The van der Waals surface area contributed by atoms with Crippen LogP contribution in [0.5, 0.6) is 0 Å². The molecule has 1 aromatic rings. The maximum Gasteiger partial charge on any atom is 0.244 e. The molecule has 2 amide bonds. The van der Waals surface area contributed by atoms with Gasteiger partial charge in [0, 0.05) is 38.6 Å². The molecule has 4 rings (SSSR count). The molecule has 2 unspecified atom stereocenters. The van der Waals surface area contributed by atoms with Crippen molar-refractivity contribution in [2.24, 2.45) is 11.8 Å². The minimum absolute atomic E-state index is 0.0318. The Hall–Kier alpha value is -1.93. The van der Waals surface area contributed by atoms with Crippen molar-refractivity contribution in [1.29, 1.82) is 0 Å². The third-order valence-electron chi connectivity index (χ3n) is 7.78. The van der Waals surface area contributed by atoms with Gasteiger partial charge in [0.1, 0.15) is 6.04 Å². The number of amides is 2. The standard InChI is InChI=1S/C26H39N3O4S/c1-18-7-5-11-28(17-18)25(30)22-9-13-27(14-10-22)26(31)23-8-6-12-29(23)34(32,33)24-20(3)15-19(2)16-21(24)4/h15-16,18,22-23H,5-14,17H2,1-4H3. The summed E-state index contributed by atoms with van der Waals surface area (Å²) in [6, 6.07) is 3.12. The van der Waals surface area contributed by atoms with Crippen LogP contribution in [0.1, 0.15) is 62.1 Å². The number of carbonyl (C=O) groups excluding carboxylic acids is 2. The first-order valence-electron chi connectivity index (χ1n) is 12.8. The molecule has 0 N–H and O–H groups in total. The summed E-state index contributed by atoms with van der Waals surface area (Å²) in [5.41, 5.74) is 2.48. The van der Waals surface area contributed by atoms with Crippen molar-refractivity contribution in [3.8, 4) is 0 Å². The first kappa shape index (κ1) is 25.2. The summed E-state index contributed by atoms with van der Waals surface area (Å²) in [6.07, 6.45) is 4.79. The van der Waals surface area contributed by atoms with Gasteiger partial charge in [-0.25, -0.2) is 8.42 Å². The van der Waals surface area contributed by atoms with Crippen molar-refractivity contribution < 1.29 is 18.0 Å². The van der Waals surface area contributed by atoms with Crippen molar-refractivity contribution in [1.82, 2.24) is 14.1 Å². The van der Waals surface area contributed by atoms with Gasteiger partial charge in [0.15, 0.2) is 0 Å². The number of rotatable bonds is 4. The summed E-state index contributed by atoms with van der Waals surface area (Å²) >= 11 is 0. The highest BCUT2D eigenvalue weighted by molar-refractivity contribution is 7.89. The highest BCUT2D eigenvalue weighted by atomic mass is 32.2. The molecule has 0 aliphatic carbocycles. The SMILES string of the molecule is Cc1cc(C)c(S(=O)(=O)N2CCCC2C(=O)N2CCC(C(=O)N3CCCC(C)C3)CC2)c(C)c1. The van der Waals surface area contributed by atoms with E-state index in [-0.39, 0.29) is 17.7 Å². The summed E-state index contributed by atoms with van der Waals surface area (Å²) in [4.78, 5) is 30.6. The molecule has 0 spiro atoms. The van der Waals surface area contributed by atoms with E-state index >= 15 is 0 Å². The van der Waals surface area contributed by atoms with E-state index in [0.29, 0.717) is 56.1 Å². The molecule has 2 atom stereocenters. The molecule has 3 saturated heterocycles. The zero-order chi connectivity index (χ0) is 24.6. The monoisotopic (exact) mass is 489 g/mol. The van der Waals surface area contributed by atoms with Crippen LogP contribution in [0, 0.1) is 32.6 Å². The quantitative estimate of drug-likeness (QED) is 0.650. The van der Waals surface area contributed by atoms with Gasteiger partial charge in [0.2, 0.25) is 21.8 Å². The third-order valence-corrected chi connectivity index (χ3v) is 10.00. The molecule has 3 fully saturated rings. The average molecular weight is 490 g/mol. The lowest BCUT2D eigenvalue weighted by Crippen LogP contribution is -2.51. The van der Waals surface area contributed by atoms with Gasteiger partial charge in [-0.05, 0) is 76.3 Å². The van der Waals surface area contributed by atoms with Crippen LogP contribution in [0.25, 0.3) is 0 Å². The van der Waals surface area contributed by atoms with E-state index in [4.69, 9.17) is 0 Å². The van der Waals surface area contributed by atoms with Gasteiger partial charge in [0.05, 0.1) is 4.90 Å². The number of benzene rings is 1.